The van der Waals surface area contributed by atoms with Crippen LogP contribution in [0, 0.1) is 0 Å². The summed E-state index contributed by atoms with van der Waals surface area (Å²) in [6.07, 6.45) is 1.85. The molecule has 1 heterocycles. The lowest BCUT2D eigenvalue weighted by Gasteiger charge is -2.18. The third kappa shape index (κ3) is 3.15. The molecule has 4 heteroatoms. The van der Waals surface area contributed by atoms with Gasteiger partial charge < -0.3 is 19.9 Å². The molecule has 1 aliphatic heterocycles. The van der Waals surface area contributed by atoms with Crippen molar-refractivity contribution in [2.24, 2.45) is 5.73 Å². The molecule has 0 aliphatic carbocycles. The summed E-state index contributed by atoms with van der Waals surface area (Å²) in [5.74, 6) is 1.61. The summed E-state index contributed by atoms with van der Waals surface area (Å²) in [5, 5.41) is 0. The van der Waals surface area contributed by atoms with Gasteiger partial charge in [0.2, 0.25) is 0 Å². The van der Waals surface area contributed by atoms with Crippen LogP contribution < -0.4 is 15.2 Å². The van der Waals surface area contributed by atoms with Crippen LogP contribution in [-0.4, -0.2) is 26.4 Å². The molecule has 1 aliphatic rings. The second-order valence-electron chi connectivity index (χ2n) is 4.65. The lowest BCUT2D eigenvalue weighted by molar-refractivity contribution is 0.104. The molecule has 0 saturated carbocycles. The standard InChI is InChI=1S/C14H21NO3/c1-10(16-2)8-12(15)11-4-5-13-14(9-11)18-7-3-6-17-13/h4-5,9-10,12H,3,6-8,15H2,1-2H3. The number of methoxy groups -OCH3 is 1. The Kier molecular flexibility index (Phi) is 4.44. The highest BCUT2D eigenvalue weighted by molar-refractivity contribution is 5.44. The van der Waals surface area contributed by atoms with Crippen LogP contribution in [0.2, 0.25) is 0 Å². The molecule has 0 radical (unpaired) electrons. The molecule has 18 heavy (non-hydrogen) atoms. The first-order chi connectivity index (χ1) is 8.70. The number of hydrogen-bond acceptors (Lipinski definition) is 4. The Morgan fingerprint density at radius 3 is 2.72 bits per heavy atom. The van der Waals surface area contributed by atoms with E-state index in [2.05, 4.69) is 0 Å². The summed E-state index contributed by atoms with van der Waals surface area (Å²) >= 11 is 0. The summed E-state index contributed by atoms with van der Waals surface area (Å²) in [4.78, 5) is 0. The van der Waals surface area contributed by atoms with Crippen molar-refractivity contribution in [3.8, 4) is 11.5 Å². The van der Waals surface area contributed by atoms with Gasteiger partial charge in [-0.1, -0.05) is 6.07 Å². The number of hydrogen-bond donors (Lipinski definition) is 1. The molecule has 4 nitrogen and oxygen atoms in total. The van der Waals surface area contributed by atoms with Gasteiger partial charge >= 0.3 is 0 Å². The van der Waals surface area contributed by atoms with Crippen molar-refractivity contribution in [3.05, 3.63) is 23.8 Å². The lowest BCUT2D eigenvalue weighted by Crippen LogP contribution is -2.18. The fraction of sp³-hybridized carbons (Fsp3) is 0.571. The van der Waals surface area contributed by atoms with E-state index in [-0.39, 0.29) is 12.1 Å². The van der Waals surface area contributed by atoms with E-state index in [0.717, 1.165) is 29.9 Å². The minimum absolute atomic E-state index is 0.0443. The first-order valence-corrected chi connectivity index (χ1v) is 6.38. The van der Waals surface area contributed by atoms with Crippen molar-refractivity contribution in [1.82, 2.24) is 0 Å². The molecule has 1 aromatic rings. The van der Waals surface area contributed by atoms with Gasteiger partial charge in [-0.25, -0.2) is 0 Å². The molecule has 0 aromatic heterocycles. The lowest BCUT2D eigenvalue weighted by atomic mass is 10.0. The van der Waals surface area contributed by atoms with Gasteiger partial charge in [0.05, 0.1) is 19.3 Å². The van der Waals surface area contributed by atoms with Gasteiger partial charge in [0, 0.05) is 19.6 Å². The summed E-state index contributed by atoms with van der Waals surface area (Å²) < 4.78 is 16.5. The molecule has 0 saturated heterocycles. The highest BCUT2D eigenvalue weighted by atomic mass is 16.5. The second-order valence-corrected chi connectivity index (χ2v) is 4.65. The third-order valence-corrected chi connectivity index (χ3v) is 3.19. The maximum atomic E-state index is 6.17. The molecule has 2 unspecified atom stereocenters. The SMILES string of the molecule is COC(C)CC(N)c1ccc2c(c1)OCCCO2. The predicted molar refractivity (Wildman–Crippen MR) is 70.1 cm³/mol. The summed E-state index contributed by atoms with van der Waals surface area (Å²) in [6, 6.07) is 5.87. The Morgan fingerprint density at radius 2 is 2.00 bits per heavy atom. The smallest absolute Gasteiger partial charge is 0.161 e. The van der Waals surface area contributed by atoms with Crippen LogP contribution in [0.3, 0.4) is 0 Å². The van der Waals surface area contributed by atoms with E-state index in [4.69, 9.17) is 19.9 Å². The van der Waals surface area contributed by atoms with Crippen LogP contribution >= 0.6 is 0 Å². The fourth-order valence-corrected chi connectivity index (χ4v) is 2.00. The van der Waals surface area contributed by atoms with E-state index < -0.39 is 0 Å². The van der Waals surface area contributed by atoms with E-state index in [9.17, 15) is 0 Å². The molecule has 2 atom stereocenters. The number of ether oxygens (including phenoxy) is 3. The summed E-state index contributed by atoms with van der Waals surface area (Å²) in [6.45, 7) is 3.42. The van der Waals surface area contributed by atoms with Crippen molar-refractivity contribution in [2.75, 3.05) is 20.3 Å². The first kappa shape index (κ1) is 13.2. The largest absolute Gasteiger partial charge is 0.490 e. The summed E-state index contributed by atoms with van der Waals surface area (Å²) in [7, 11) is 1.70. The number of nitrogens with two attached hydrogens (primary N) is 1. The molecule has 0 spiro atoms. The molecular formula is C14H21NO3. The van der Waals surface area contributed by atoms with Crippen LogP contribution in [0.1, 0.15) is 31.4 Å². The number of fused-ring (bicyclic) bond motifs is 1. The van der Waals surface area contributed by atoms with Crippen molar-refractivity contribution in [1.29, 1.82) is 0 Å². The molecule has 1 aromatic carbocycles. The van der Waals surface area contributed by atoms with Gasteiger partial charge in [-0.15, -0.1) is 0 Å². The Labute approximate surface area is 108 Å². The van der Waals surface area contributed by atoms with E-state index in [1.165, 1.54) is 0 Å². The Morgan fingerprint density at radius 1 is 1.28 bits per heavy atom. The van der Waals surface area contributed by atoms with Crippen molar-refractivity contribution < 1.29 is 14.2 Å². The summed E-state index contributed by atoms with van der Waals surface area (Å²) in [5.41, 5.74) is 7.23. The zero-order valence-electron chi connectivity index (χ0n) is 11.0. The molecule has 2 rings (SSSR count). The minimum Gasteiger partial charge on any atom is -0.490 e. The van der Waals surface area contributed by atoms with Crippen LogP contribution in [0.4, 0.5) is 0 Å². The van der Waals surface area contributed by atoms with Gasteiger partial charge in [-0.3, -0.25) is 0 Å². The average molecular weight is 251 g/mol. The van der Waals surface area contributed by atoms with Crippen LogP contribution in [0.25, 0.3) is 0 Å². The van der Waals surface area contributed by atoms with Crippen LogP contribution in [0.5, 0.6) is 11.5 Å². The highest BCUT2D eigenvalue weighted by Gasteiger charge is 2.15. The maximum absolute atomic E-state index is 6.17. The molecule has 2 N–H and O–H groups in total. The zero-order valence-corrected chi connectivity index (χ0v) is 11.0. The second kappa shape index (κ2) is 6.07. The number of benzene rings is 1. The minimum atomic E-state index is -0.0443. The molecule has 0 bridgehead atoms. The van der Waals surface area contributed by atoms with Crippen LogP contribution in [0.15, 0.2) is 18.2 Å². The fourth-order valence-electron chi connectivity index (χ4n) is 2.00. The quantitative estimate of drug-likeness (QED) is 0.892. The average Bonchev–Trinajstić information content (AvgIpc) is 2.62. The first-order valence-electron chi connectivity index (χ1n) is 6.38. The number of rotatable bonds is 4. The van der Waals surface area contributed by atoms with Gasteiger partial charge in [-0.05, 0) is 31.0 Å². The van der Waals surface area contributed by atoms with Gasteiger partial charge in [0.25, 0.3) is 0 Å². The van der Waals surface area contributed by atoms with E-state index in [0.29, 0.717) is 13.2 Å². The van der Waals surface area contributed by atoms with Crippen molar-refractivity contribution in [2.45, 2.75) is 31.9 Å². The van der Waals surface area contributed by atoms with E-state index >= 15 is 0 Å². The molecule has 100 valence electrons. The maximum Gasteiger partial charge on any atom is 0.161 e. The van der Waals surface area contributed by atoms with Crippen molar-refractivity contribution >= 4 is 0 Å². The van der Waals surface area contributed by atoms with Gasteiger partial charge in [-0.2, -0.15) is 0 Å². The van der Waals surface area contributed by atoms with E-state index in [1.807, 2.05) is 25.1 Å². The third-order valence-electron chi connectivity index (χ3n) is 3.19. The molecule has 0 fully saturated rings. The Balaban J connectivity index is 2.12. The van der Waals surface area contributed by atoms with E-state index in [1.54, 1.807) is 7.11 Å². The Bertz CT molecular complexity index is 395. The van der Waals surface area contributed by atoms with Crippen LogP contribution in [-0.2, 0) is 4.74 Å². The molecule has 0 amide bonds. The predicted octanol–water partition coefficient (Wildman–Crippen LogP) is 2.27. The monoisotopic (exact) mass is 251 g/mol. The Hall–Kier alpha value is -1.26. The molecular weight excluding hydrogens is 230 g/mol. The normalized spacial score (nSPS) is 17.9. The van der Waals surface area contributed by atoms with Gasteiger partial charge in [0.15, 0.2) is 11.5 Å². The highest BCUT2D eigenvalue weighted by Crippen LogP contribution is 2.32. The van der Waals surface area contributed by atoms with Crippen molar-refractivity contribution in [3.63, 3.8) is 0 Å². The zero-order chi connectivity index (χ0) is 13.0. The topological polar surface area (TPSA) is 53.7 Å². The van der Waals surface area contributed by atoms with Gasteiger partial charge in [0.1, 0.15) is 0 Å².